The fourth-order valence-electron chi connectivity index (χ4n) is 5.10. The maximum atomic E-state index is 13.6. The summed E-state index contributed by atoms with van der Waals surface area (Å²) in [6.45, 7) is -1.92. The molecule has 0 spiro atoms. The molecule has 4 N–H and O–H groups in total. The number of alkyl halides is 4. The number of ketones is 1. The van der Waals surface area contributed by atoms with Gasteiger partial charge in [-0.25, -0.2) is 0 Å². The van der Waals surface area contributed by atoms with Gasteiger partial charge in [-0.05, 0) is 24.8 Å². The summed E-state index contributed by atoms with van der Waals surface area (Å²) in [5.74, 6) is -4.38. The zero-order valence-electron chi connectivity index (χ0n) is 28.1. The minimum absolute atomic E-state index is 0.0489. The highest BCUT2D eigenvalue weighted by molar-refractivity contribution is 5.98. The zero-order chi connectivity index (χ0) is 36.8. The Hall–Kier alpha value is -3.71. The molecule has 3 rings (SSSR count). The standard InChI is InChI=1S/C32H45F4N5O9/c1-19(2)13-21(26(43)32(3)18-50-32)38-28(45)23(16-48-30(33)34)40-29(46)24(17-49-31(35)36)39-27(44)22(14-20-7-5-4-6-8-20)37-25(42)15-41-9-11-47-12-10-41/h4-8,19,21-24,30-31H,9-18H2,1-3H3,(H,37,42)(H,38,45)(H,39,44)(H,40,46)/t21-,22?,23-,24-,32+/m0/s1. The van der Waals surface area contributed by atoms with Crippen LogP contribution in [0.2, 0.25) is 0 Å². The molecule has 0 saturated carbocycles. The monoisotopic (exact) mass is 719 g/mol. The maximum absolute atomic E-state index is 13.6. The average molecular weight is 720 g/mol. The second-order valence-electron chi connectivity index (χ2n) is 12.6. The van der Waals surface area contributed by atoms with Crippen molar-refractivity contribution in [3.05, 3.63) is 35.9 Å². The van der Waals surface area contributed by atoms with E-state index in [4.69, 9.17) is 9.47 Å². The Labute approximate surface area is 287 Å². The number of rotatable bonds is 21. The van der Waals surface area contributed by atoms with Gasteiger partial charge in [0.15, 0.2) is 5.78 Å². The molecule has 280 valence electrons. The summed E-state index contributed by atoms with van der Waals surface area (Å²) in [5, 5.41) is 9.48. The van der Waals surface area contributed by atoms with E-state index in [0.29, 0.717) is 31.9 Å². The molecular formula is C32H45F4N5O9. The molecule has 2 saturated heterocycles. The van der Waals surface area contributed by atoms with Crippen LogP contribution in [0.1, 0.15) is 32.8 Å². The van der Waals surface area contributed by atoms with E-state index in [9.17, 15) is 41.5 Å². The van der Waals surface area contributed by atoms with E-state index < -0.39 is 85.6 Å². The van der Waals surface area contributed by atoms with Crippen LogP contribution >= 0.6 is 0 Å². The molecule has 5 atom stereocenters. The number of amides is 4. The summed E-state index contributed by atoms with van der Waals surface area (Å²) < 4.78 is 71.4. The predicted molar refractivity (Wildman–Crippen MR) is 168 cm³/mol. The summed E-state index contributed by atoms with van der Waals surface area (Å²) in [7, 11) is 0. The highest BCUT2D eigenvalue weighted by Crippen LogP contribution is 2.29. The molecule has 4 amide bonds. The van der Waals surface area contributed by atoms with Crippen molar-refractivity contribution in [1.29, 1.82) is 0 Å². The van der Waals surface area contributed by atoms with E-state index in [-0.39, 0.29) is 31.9 Å². The highest BCUT2D eigenvalue weighted by atomic mass is 19.3. The van der Waals surface area contributed by atoms with Crippen LogP contribution in [0.4, 0.5) is 17.6 Å². The molecule has 0 aliphatic carbocycles. The smallest absolute Gasteiger partial charge is 0.345 e. The molecule has 1 aromatic carbocycles. The number of nitrogens with zero attached hydrogens (tertiary/aromatic N) is 1. The lowest BCUT2D eigenvalue weighted by Crippen LogP contribution is -2.60. The van der Waals surface area contributed by atoms with Crippen molar-refractivity contribution in [2.24, 2.45) is 5.92 Å². The average Bonchev–Trinajstić information content (AvgIpc) is 3.82. The summed E-state index contributed by atoms with van der Waals surface area (Å²) in [6, 6.07) is 2.39. The van der Waals surface area contributed by atoms with Gasteiger partial charge in [-0.2, -0.15) is 17.6 Å². The number of carbonyl (C=O) groups is 5. The van der Waals surface area contributed by atoms with Crippen LogP contribution in [0.3, 0.4) is 0 Å². The number of Topliss-reactive ketones (excluding diaryl/α,β-unsaturated/α-hetero) is 1. The quantitative estimate of drug-likeness (QED) is 0.103. The fraction of sp³-hybridized carbons (Fsp3) is 0.656. The molecule has 0 radical (unpaired) electrons. The molecule has 2 heterocycles. The summed E-state index contributed by atoms with van der Waals surface area (Å²) in [4.78, 5) is 68.0. The van der Waals surface area contributed by atoms with Crippen LogP contribution in [0.5, 0.6) is 0 Å². The van der Waals surface area contributed by atoms with Crippen molar-refractivity contribution in [2.45, 2.75) is 76.6 Å². The summed E-state index contributed by atoms with van der Waals surface area (Å²) in [6.07, 6.45) is 0.105. The first kappa shape index (κ1) is 40.7. The molecule has 0 bridgehead atoms. The van der Waals surface area contributed by atoms with Gasteiger partial charge in [-0.1, -0.05) is 44.2 Å². The van der Waals surface area contributed by atoms with E-state index >= 15 is 0 Å². The predicted octanol–water partition coefficient (Wildman–Crippen LogP) is 0.383. The number of ether oxygens (including phenoxy) is 4. The van der Waals surface area contributed by atoms with Gasteiger partial charge in [0.25, 0.3) is 0 Å². The Bertz CT molecular complexity index is 1280. The van der Waals surface area contributed by atoms with Gasteiger partial charge in [-0.15, -0.1) is 0 Å². The Kier molecular flexibility index (Phi) is 16.0. The van der Waals surface area contributed by atoms with Gasteiger partial charge < -0.3 is 40.2 Å². The Morgan fingerprint density at radius 3 is 1.78 bits per heavy atom. The third kappa shape index (κ3) is 13.9. The molecule has 14 nitrogen and oxygen atoms in total. The van der Waals surface area contributed by atoms with Crippen LogP contribution in [-0.4, -0.2) is 130 Å². The van der Waals surface area contributed by atoms with Gasteiger partial charge in [-0.3, -0.25) is 28.9 Å². The lowest BCUT2D eigenvalue weighted by molar-refractivity contribution is -0.154. The number of hydrogen-bond acceptors (Lipinski definition) is 10. The Balaban J connectivity index is 1.78. The second-order valence-corrected chi connectivity index (χ2v) is 12.6. The minimum atomic E-state index is -3.37. The van der Waals surface area contributed by atoms with E-state index in [1.807, 2.05) is 4.90 Å². The maximum Gasteiger partial charge on any atom is 0.345 e. The Morgan fingerprint density at radius 2 is 1.30 bits per heavy atom. The van der Waals surface area contributed by atoms with Crippen LogP contribution in [0.25, 0.3) is 0 Å². The molecule has 0 aromatic heterocycles. The lowest BCUT2D eigenvalue weighted by atomic mass is 9.93. The van der Waals surface area contributed by atoms with Crippen molar-refractivity contribution >= 4 is 29.4 Å². The molecular weight excluding hydrogens is 674 g/mol. The van der Waals surface area contributed by atoms with Crippen molar-refractivity contribution in [3.63, 3.8) is 0 Å². The first-order valence-corrected chi connectivity index (χ1v) is 16.2. The Morgan fingerprint density at radius 1 is 0.800 bits per heavy atom. The molecule has 2 aliphatic heterocycles. The molecule has 1 unspecified atom stereocenters. The molecule has 1 aromatic rings. The number of epoxide rings is 1. The number of carbonyl (C=O) groups excluding carboxylic acids is 5. The largest absolute Gasteiger partial charge is 0.379 e. The number of halogens is 4. The summed E-state index contributed by atoms with van der Waals surface area (Å²) >= 11 is 0. The summed E-state index contributed by atoms with van der Waals surface area (Å²) in [5.41, 5.74) is -0.512. The topological polar surface area (TPSA) is 177 Å². The van der Waals surface area contributed by atoms with Gasteiger partial charge in [0, 0.05) is 19.5 Å². The molecule has 2 aliphatic rings. The molecule has 18 heteroatoms. The minimum Gasteiger partial charge on any atom is -0.379 e. The first-order chi connectivity index (χ1) is 23.7. The third-order valence-corrected chi connectivity index (χ3v) is 7.89. The SMILES string of the molecule is CC(C)C[C@H](NC(=O)[C@H](COC(F)F)NC(=O)[C@H](COC(F)F)NC(=O)C(Cc1ccccc1)NC(=O)CN1CCOCC1)C(=O)[C@@]1(C)CO1. The van der Waals surface area contributed by atoms with Gasteiger partial charge in [0.2, 0.25) is 23.6 Å². The van der Waals surface area contributed by atoms with Crippen molar-refractivity contribution in [1.82, 2.24) is 26.2 Å². The van der Waals surface area contributed by atoms with Crippen molar-refractivity contribution < 1.29 is 60.5 Å². The van der Waals surface area contributed by atoms with E-state index in [1.165, 1.54) is 6.92 Å². The highest BCUT2D eigenvalue weighted by Gasteiger charge is 2.50. The third-order valence-electron chi connectivity index (χ3n) is 7.89. The van der Waals surface area contributed by atoms with Gasteiger partial charge in [0.1, 0.15) is 23.7 Å². The molecule has 2 fully saturated rings. The van der Waals surface area contributed by atoms with E-state index in [1.54, 1.807) is 44.2 Å². The number of morpholine rings is 1. The van der Waals surface area contributed by atoms with Crippen LogP contribution in [0, 0.1) is 5.92 Å². The second kappa shape index (κ2) is 19.6. The van der Waals surface area contributed by atoms with E-state index in [0.717, 1.165) is 0 Å². The van der Waals surface area contributed by atoms with Crippen molar-refractivity contribution in [3.8, 4) is 0 Å². The fourth-order valence-corrected chi connectivity index (χ4v) is 5.10. The van der Waals surface area contributed by atoms with Crippen LogP contribution < -0.4 is 21.3 Å². The van der Waals surface area contributed by atoms with Crippen LogP contribution in [-0.2, 0) is 49.3 Å². The number of benzene rings is 1. The van der Waals surface area contributed by atoms with Crippen LogP contribution in [0.15, 0.2) is 30.3 Å². The number of hydrogen-bond donors (Lipinski definition) is 4. The lowest BCUT2D eigenvalue weighted by Gasteiger charge is -2.28. The van der Waals surface area contributed by atoms with Crippen molar-refractivity contribution in [2.75, 3.05) is 52.7 Å². The zero-order valence-corrected chi connectivity index (χ0v) is 28.1. The normalized spacial score (nSPS) is 20.1. The van der Waals surface area contributed by atoms with Gasteiger partial charge in [0.05, 0.1) is 45.6 Å². The first-order valence-electron chi connectivity index (χ1n) is 16.2. The van der Waals surface area contributed by atoms with E-state index in [2.05, 4.69) is 30.7 Å². The molecule has 50 heavy (non-hydrogen) atoms. The number of nitrogens with one attached hydrogen (secondary N) is 4. The van der Waals surface area contributed by atoms with Gasteiger partial charge >= 0.3 is 13.2 Å².